The fourth-order valence-electron chi connectivity index (χ4n) is 4.33. The second-order valence-electron chi connectivity index (χ2n) is 7.97. The van der Waals surface area contributed by atoms with E-state index in [1.54, 1.807) is 6.20 Å². The smallest absolute Gasteiger partial charge is 0.271 e. The van der Waals surface area contributed by atoms with Crippen LogP contribution in [0.2, 0.25) is 0 Å². The lowest BCUT2D eigenvalue weighted by Crippen LogP contribution is -2.53. The fourth-order valence-corrected chi connectivity index (χ4v) is 4.33. The molecular formula is C22H26N4O3. The summed E-state index contributed by atoms with van der Waals surface area (Å²) in [5.74, 6) is 0.522. The molecule has 1 aromatic heterocycles. The van der Waals surface area contributed by atoms with Crippen LogP contribution < -0.4 is 10.1 Å². The van der Waals surface area contributed by atoms with Gasteiger partial charge in [0.2, 0.25) is 0 Å². The Hall–Kier alpha value is -2.96. The van der Waals surface area contributed by atoms with Crippen LogP contribution in [0.25, 0.3) is 0 Å². The number of amides is 2. The Labute approximate surface area is 170 Å². The fraction of sp³-hybridized carbons (Fsp3) is 0.455. The van der Waals surface area contributed by atoms with Crippen LogP contribution >= 0.6 is 0 Å². The number of nitrogens with one attached hydrogen (secondary N) is 1. The van der Waals surface area contributed by atoms with Gasteiger partial charge < -0.3 is 15.0 Å². The van der Waals surface area contributed by atoms with Crippen molar-refractivity contribution in [3.63, 3.8) is 0 Å². The second kappa shape index (κ2) is 8.19. The van der Waals surface area contributed by atoms with E-state index in [0.717, 1.165) is 36.9 Å². The summed E-state index contributed by atoms with van der Waals surface area (Å²) in [5, 5.41) is 3.07. The van der Waals surface area contributed by atoms with E-state index >= 15 is 0 Å². The molecule has 2 aliphatic rings. The second-order valence-corrected chi connectivity index (χ2v) is 7.97. The van der Waals surface area contributed by atoms with Crippen LogP contribution in [0.4, 0.5) is 0 Å². The van der Waals surface area contributed by atoms with Crippen molar-refractivity contribution < 1.29 is 14.3 Å². The lowest BCUT2D eigenvalue weighted by Gasteiger charge is -2.39. The molecule has 4 rings (SSSR count). The lowest BCUT2D eigenvalue weighted by molar-refractivity contribution is -0.138. The quantitative estimate of drug-likeness (QED) is 0.842. The Morgan fingerprint density at radius 1 is 1.07 bits per heavy atom. The van der Waals surface area contributed by atoms with E-state index < -0.39 is 0 Å². The van der Waals surface area contributed by atoms with Crippen molar-refractivity contribution in [2.75, 3.05) is 6.61 Å². The molecule has 2 aromatic rings. The summed E-state index contributed by atoms with van der Waals surface area (Å²) in [6, 6.07) is 8.05. The van der Waals surface area contributed by atoms with Crippen LogP contribution in [0.3, 0.4) is 0 Å². The van der Waals surface area contributed by atoms with E-state index in [9.17, 15) is 9.59 Å². The van der Waals surface area contributed by atoms with Gasteiger partial charge in [-0.05, 0) is 51.7 Å². The molecule has 2 bridgehead atoms. The summed E-state index contributed by atoms with van der Waals surface area (Å²) in [4.78, 5) is 35.5. The number of rotatable bonds is 5. The minimum atomic E-state index is -0.204. The molecule has 152 valence electrons. The van der Waals surface area contributed by atoms with Crippen molar-refractivity contribution in [3.05, 3.63) is 53.6 Å². The van der Waals surface area contributed by atoms with Crippen LogP contribution in [0.15, 0.2) is 36.7 Å². The number of ether oxygens (including phenoxy) is 1. The number of hydrogen-bond acceptors (Lipinski definition) is 5. The molecule has 3 heterocycles. The first-order valence-corrected chi connectivity index (χ1v) is 10.1. The lowest BCUT2D eigenvalue weighted by atomic mass is 9.97. The summed E-state index contributed by atoms with van der Waals surface area (Å²) in [5.41, 5.74) is 2.26. The highest BCUT2D eigenvalue weighted by atomic mass is 16.5. The van der Waals surface area contributed by atoms with Crippen molar-refractivity contribution in [2.24, 2.45) is 0 Å². The first-order chi connectivity index (χ1) is 14.0. The predicted octanol–water partition coefficient (Wildman–Crippen LogP) is 2.42. The first-order valence-electron chi connectivity index (χ1n) is 10.1. The Kier molecular flexibility index (Phi) is 5.47. The minimum Gasteiger partial charge on any atom is -0.484 e. The van der Waals surface area contributed by atoms with E-state index in [1.165, 1.54) is 6.20 Å². The zero-order valence-corrected chi connectivity index (χ0v) is 16.8. The average Bonchev–Trinajstić information content (AvgIpc) is 2.98. The molecule has 29 heavy (non-hydrogen) atoms. The van der Waals surface area contributed by atoms with Crippen LogP contribution in [0.5, 0.6) is 5.75 Å². The number of hydrogen-bond donors (Lipinski definition) is 1. The summed E-state index contributed by atoms with van der Waals surface area (Å²) in [6.07, 6.45) is 6.55. The number of piperidine rings is 1. The molecule has 0 spiro atoms. The Balaban J connectivity index is 1.32. The van der Waals surface area contributed by atoms with E-state index in [2.05, 4.69) is 15.3 Å². The topological polar surface area (TPSA) is 84.4 Å². The average molecular weight is 394 g/mol. The van der Waals surface area contributed by atoms with Crippen molar-refractivity contribution in [1.29, 1.82) is 0 Å². The van der Waals surface area contributed by atoms with Crippen LogP contribution in [0.1, 0.15) is 47.4 Å². The highest BCUT2D eigenvalue weighted by Gasteiger charge is 2.43. The van der Waals surface area contributed by atoms with Gasteiger partial charge >= 0.3 is 0 Å². The maximum atomic E-state index is 12.8. The molecule has 2 amide bonds. The molecule has 0 saturated carbocycles. The molecule has 2 aliphatic heterocycles. The van der Waals surface area contributed by atoms with Gasteiger partial charge in [-0.15, -0.1) is 0 Å². The molecule has 0 radical (unpaired) electrons. The Morgan fingerprint density at radius 2 is 1.76 bits per heavy atom. The maximum Gasteiger partial charge on any atom is 0.271 e. The van der Waals surface area contributed by atoms with E-state index in [4.69, 9.17) is 4.74 Å². The number of benzene rings is 1. The summed E-state index contributed by atoms with van der Waals surface area (Å²) >= 11 is 0. The third-order valence-electron chi connectivity index (χ3n) is 5.75. The van der Waals surface area contributed by atoms with Crippen molar-refractivity contribution in [2.45, 2.75) is 57.7 Å². The first kappa shape index (κ1) is 19.4. The van der Waals surface area contributed by atoms with Gasteiger partial charge in [0.25, 0.3) is 11.8 Å². The van der Waals surface area contributed by atoms with Gasteiger partial charge in [0, 0.05) is 24.3 Å². The van der Waals surface area contributed by atoms with Crippen molar-refractivity contribution in [3.8, 4) is 5.75 Å². The molecule has 1 unspecified atom stereocenters. The van der Waals surface area contributed by atoms with Gasteiger partial charge in [-0.2, -0.15) is 0 Å². The number of aromatic nitrogens is 2. The molecule has 7 nitrogen and oxygen atoms in total. The maximum absolute atomic E-state index is 12.8. The summed E-state index contributed by atoms with van der Waals surface area (Å²) < 4.78 is 5.68. The molecule has 2 saturated heterocycles. The van der Waals surface area contributed by atoms with E-state index in [0.29, 0.717) is 11.4 Å². The van der Waals surface area contributed by atoms with Gasteiger partial charge in [0.1, 0.15) is 11.4 Å². The third-order valence-corrected chi connectivity index (χ3v) is 5.75. The van der Waals surface area contributed by atoms with Gasteiger partial charge in [-0.1, -0.05) is 17.7 Å². The Bertz CT molecular complexity index is 868. The Morgan fingerprint density at radius 3 is 2.38 bits per heavy atom. The van der Waals surface area contributed by atoms with Crippen LogP contribution in [-0.4, -0.2) is 51.4 Å². The number of carbonyl (C=O) groups excluding carboxylic acids is 2. The van der Waals surface area contributed by atoms with Crippen LogP contribution in [0, 0.1) is 13.8 Å². The molecule has 7 heteroatoms. The predicted molar refractivity (Wildman–Crippen MR) is 108 cm³/mol. The van der Waals surface area contributed by atoms with Gasteiger partial charge in [-0.25, -0.2) is 4.98 Å². The SMILES string of the molecule is Cc1ccc(OCC(=O)N2[C@@H]3CC[C@H]2CC(NC(=O)c2cnc(C)cn2)C3)cc1. The van der Waals surface area contributed by atoms with Gasteiger partial charge in [0.15, 0.2) is 6.61 Å². The molecule has 1 N–H and O–H groups in total. The monoisotopic (exact) mass is 394 g/mol. The summed E-state index contributed by atoms with van der Waals surface area (Å²) in [6.45, 7) is 3.90. The zero-order chi connectivity index (χ0) is 20.4. The summed E-state index contributed by atoms with van der Waals surface area (Å²) in [7, 11) is 0. The third kappa shape index (κ3) is 4.39. The molecular weight excluding hydrogens is 368 g/mol. The zero-order valence-electron chi connectivity index (χ0n) is 16.8. The largest absolute Gasteiger partial charge is 0.484 e. The number of fused-ring (bicyclic) bond motifs is 2. The highest BCUT2D eigenvalue weighted by molar-refractivity contribution is 5.92. The van der Waals surface area contributed by atoms with Crippen molar-refractivity contribution in [1.82, 2.24) is 20.2 Å². The highest BCUT2D eigenvalue weighted by Crippen LogP contribution is 2.36. The van der Waals surface area contributed by atoms with Gasteiger partial charge in [0.05, 0.1) is 11.9 Å². The number of aryl methyl sites for hydroxylation is 2. The normalized spacial score (nSPS) is 23.0. The van der Waals surface area contributed by atoms with E-state index in [-0.39, 0.29) is 36.5 Å². The van der Waals surface area contributed by atoms with E-state index in [1.807, 2.05) is 43.0 Å². The van der Waals surface area contributed by atoms with Crippen LogP contribution in [-0.2, 0) is 4.79 Å². The number of nitrogens with zero attached hydrogens (tertiary/aromatic N) is 3. The molecule has 3 atom stereocenters. The molecule has 2 fully saturated rings. The number of carbonyl (C=O) groups is 2. The standard InChI is InChI=1S/C22H26N4O3/c1-14-3-7-19(8-4-14)29-13-21(27)26-17-5-6-18(26)10-16(9-17)25-22(28)20-12-23-15(2)11-24-20/h3-4,7-8,11-12,16-18H,5-6,9-10,13H2,1-2H3,(H,25,28)/t16?,17-,18+. The minimum absolute atomic E-state index is 0.0206. The molecule has 0 aliphatic carbocycles. The molecule has 1 aromatic carbocycles. The van der Waals surface area contributed by atoms with Gasteiger partial charge in [-0.3, -0.25) is 14.6 Å². The van der Waals surface area contributed by atoms with Crippen molar-refractivity contribution >= 4 is 11.8 Å².